The maximum absolute atomic E-state index is 4.72. The highest BCUT2D eigenvalue weighted by atomic mass is 15.0. The first-order chi connectivity index (χ1) is 11.2. The number of amidine groups is 2. The summed E-state index contributed by atoms with van der Waals surface area (Å²) >= 11 is 0. The van der Waals surface area contributed by atoms with Crippen LogP contribution in [0.1, 0.15) is 66.5 Å². The van der Waals surface area contributed by atoms with E-state index in [-0.39, 0.29) is 12.1 Å². The first-order valence-electron chi connectivity index (χ1n) is 8.98. The van der Waals surface area contributed by atoms with Crippen molar-refractivity contribution in [3.63, 3.8) is 0 Å². The molecule has 0 bridgehead atoms. The van der Waals surface area contributed by atoms with Crippen molar-refractivity contribution >= 4 is 11.7 Å². The zero-order valence-corrected chi connectivity index (χ0v) is 16.5. The maximum Gasteiger partial charge on any atom is 0.128 e. The van der Waals surface area contributed by atoms with Crippen LogP contribution in [0.25, 0.3) is 0 Å². The van der Waals surface area contributed by atoms with Crippen molar-refractivity contribution in [1.29, 1.82) is 0 Å². The van der Waals surface area contributed by atoms with Crippen LogP contribution in [0.5, 0.6) is 0 Å². The lowest BCUT2D eigenvalue weighted by Crippen LogP contribution is -2.33. The SMILES string of the molecule is CC(C)N=C(NC(C)C)c1ccc(C(=NC(C)C)NC(C)C)cc1. The highest BCUT2D eigenvalue weighted by molar-refractivity contribution is 6.02. The van der Waals surface area contributed by atoms with Crippen molar-refractivity contribution in [3.05, 3.63) is 35.4 Å². The van der Waals surface area contributed by atoms with Crippen LogP contribution in [-0.4, -0.2) is 35.8 Å². The van der Waals surface area contributed by atoms with E-state index in [9.17, 15) is 0 Å². The minimum atomic E-state index is 0.256. The van der Waals surface area contributed by atoms with Crippen LogP contribution in [-0.2, 0) is 0 Å². The Morgan fingerprint density at radius 2 is 0.917 bits per heavy atom. The van der Waals surface area contributed by atoms with Gasteiger partial charge in [0.1, 0.15) is 11.7 Å². The van der Waals surface area contributed by atoms with E-state index < -0.39 is 0 Å². The molecule has 0 atom stereocenters. The molecule has 0 aliphatic rings. The highest BCUT2D eigenvalue weighted by Gasteiger charge is 2.10. The van der Waals surface area contributed by atoms with Crippen LogP contribution in [0.3, 0.4) is 0 Å². The molecule has 134 valence electrons. The monoisotopic (exact) mass is 330 g/mol. The predicted molar refractivity (Wildman–Crippen MR) is 106 cm³/mol. The summed E-state index contributed by atoms with van der Waals surface area (Å²) in [5.41, 5.74) is 2.21. The molecular weight excluding hydrogens is 296 g/mol. The van der Waals surface area contributed by atoms with Gasteiger partial charge in [0.15, 0.2) is 0 Å². The van der Waals surface area contributed by atoms with Gasteiger partial charge in [0.25, 0.3) is 0 Å². The van der Waals surface area contributed by atoms with Crippen LogP contribution >= 0.6 is 0 Å². The van der Waals surface area contributed by atoms with Crippen molar-refractivity contribution in [2.75, 3.05) is 0 Å². The molecule has 0 unspecified atom stereocenters. The third kappa shape index (κ3) is 7.16. The van der Waals surface area contributed by atoms with Crippen molar-refractivity contribution in [3.8, 4) is 0 Å². The summed E-state index contributed by atoms with van der Waals surface area (Å²) in [5, 5.41) is 6.89. The molecule has 0 aliphatic carbocycles. The fourth-order valence-electron chi connectivity index (χ4n) is 2.24. The zero-order valence-electron chi connectivity index (χ0n) is 16.5. The second-order valence-corrected chi connectivity index (χ2v) is 7.32. The Kier molecular flexibility index (Phi) is 7.96. The molecule has 1 rings (SSSR count). The van der Waals surface area contributed by atoms with Gasteiger partial charge < -0.3 is 10.6 Å². The second kappa shape index (κ2) is 9.45. The third-order valence-electron chi connectivity index (χ3n) is 3.06. The van der Waals surface area contributed by atoms with Gasteiger partial charge in [0.2, 0.25) is 0 Å². The molecule has 1 aromatic carbocycles. The van der Waals surface area contributed by atoms with Crippen molar-refractivity contribution in [2.45, 2.75) is 79.6 Å². The molecule has 4 heteroatoms. The normalized spacial score (nSPS) is 13.3. The number of nitrogens with one attached hydrogen (secondary N) is 2. The molecule has 0 radical (unpaired) electrons. The van der Waals surface area contributed by atoms with Crippen LogP contribution in [0.15, 0.2) is 34.3 Å². The summed E-state index contributed by atoms with van der Waals surface area (Å²) in [4.78, 5) is 9.44. The standard InChI is InChI=1S/C20H34N4/c1-13(2)21-19(22-14(3)4)17-9-11-18(12-10-17)20(23-15(5)6)24-16(7)8/h9-16H,1-8H3,(H,21,22)(H,23,24). The highest BCUT2D eigenvalue weighted by Crippen LogP contribution is 2.09. The minimum absolute atomic E-state index is 0.256. The van der Waals surface area contributed by atoms with Gasteiger partial charge in [-0.25, -0.2) is 0 Å². The molecule has 0 spiro atoms. The van der Waals surface area contributed by atoms with Gasteiger partial charge in [-0.3, -0.25) is 9.98 Å². The summed E-state index contributed by atoms with van der Waals surface area (Å²) in [6, 6.07) is 9.67. The van der Waals surface area contributed by atoms with E-state index in [4.69, 9.17) is 9.98 Å². The number of rotatable bonds is 6. The summed E-state index contributed by atoms with van der Waals surface area (Å²) < 4.78 is 0. The van der Waals surface area contributed by atoms with Gasteiger partial charge in [-0.15, -0.1) is 0 Å². The van der Waals surface area contributed by atoms with Crippen molar-refractivity contribution in [2.24, 2.45) is 9.98 Å². The lowest BCUT2D eigenvalue weighted by Gasteiger charge is -2.17. The van der Waals surface area contributed by atoms with Crippen LogP contribution in [0.4, 0.5) is 0 Å². The Morgan fingerprint density at radius 3 is 1.12 bits per heavy atom. The largest absolute Gasteiger partial charge is 0.368 e. The van der Waals surface area contributed by atoms with Gasteiger partial charge in [-0.1, -0.05) is 24.3 Å². The van der Waals surface area contributed by atoms with Gasteiger partial charge in [0, 0.05) is 35.3 Å². The van der Waals surface area contributed by atoms with E-state index in [0.29, 0.717) is 12.1 Å². The Morgan fingerprint density at radius 1 is 0.625 bits per heavy atom. The predicted octanol–water partition coefficient (Wildman–Crippen LogP) is 3.99. The Hall–Kier alpha value is -1.84. The van der Waals surface area contributed by atoms with E-state index in [2.05, 4.69) is 90.3 Å². The van der Waals surface area contributed by atoms with Crippen LogP contribution in [0, 0.1) is 0 Å². The first kappa shape index (κ1) is 20.2. The third-order valence-corrected chi connectivity index (χ3v) is 3.06. The fraction of sp³-hybridized carbons (Fsp3) is 0.600. The Labute approximate surface area is 147 Å². The molecule has 0 saturated carbocycles. The van der Waals surface area contributed by atoms with E-state index >= 15 is 0 Å². The lowest BCUT2D eigenvalue weighted by molar-refractivity contribution is 0.718. The zero-order chi connectivity index (χ0) is 18.3. The van der Waals surface area contributed by atoms with E-state index in [0.717, 1.165) is 22.8 Å². The number of aliphatic imine (C=N–C) groups is 2. The summed E-state index contributed by atoms with van der Waals surface area (Å²) in [7, 11) is 0. The summed E-state index contributed by atoms with van der Waals surface area (Å²) in [6.07, 6.45) is 0. The topological polar surface area (TPSA) is 48.8 Å². The molecule has 24 heavy (non-hydrogen) atoms. The van der Waals surface area contributed by atoms with Crippen LogP contribution < -0.4 is 10.6 Å². The lowest BCUT2D eigenvalue weighted by atomic mass is 10.1. The minimum Gasteiger partial charge on any atom is -0.368 e. The molecule has 0 amide bonds. The van der Waals surface area contributed by atoms with Crippen LogP contribution in [0.2, 0.25) is 0 Å². The first-order valence-corrected chi connectivity index (χ1v) is 8.98. The number of nitrogens with zero attached hydrogens (tertiary/aromatic N) is 2. The molecule has 0 saturated heterocycles. The molecule has 1 aromatic rings. The smallest absolute Gasteiger partial charge is 0.128 e. The van der Waals surface area contributed by atoms with Gasteiger partial charge >= 0.3 is 0 Å². The van der Waals surface area contributed by atoms with Gasteiger partial charge in [-0.2, -0.15) is 0 Å². The van der Waals surface area contributed by atoms with E-state index in [1.54, 1.807) is 0 Å². The molecule has 0 aromatic heterocycles. The second-order valence-electron chi connectivity index (χ2n) is 7.32. The molecule has 0 aliphatic heterocycles. The molecule has 2 N–H and O–H groups in total. The number of benzene rings is 1. The Bertz CT molecular complexity index is 501. The maximum atomic E-state index is 4.72. The summed E-state index contributed by atoms with van der Waals surface area (Å²) in [5.74, 6) is 1.90. The number of hydrogen-bond acceptors (Lipinski definition) is 2. The fourth-order valence-corrected chi connectivity index (χ4v) is 2.24. The average molecular weight is 331 g/mol. The quantitative estimate of drug-likeness (QED) is 0.612. The van der Waals surface area contributed by atoms with Crippen molar-refractivity contribution < 1.29 is 0 Å². The molecule has 4 nitrogen and oxygen atoms in total. The van der Waals surface area contributed by atoms with Gasteiger partial charge in [0.05, 0.1) is 0 Å². The Balaban J connectivity index is 3.12. The average Bonchev–Trinajstić information content (AvgIpc) is 2.44. The number of hydrogen-bond donors (Lipinski definition) is 2. The molecule has 0 fully saturated rings. The van der Waals surface area contributed by atoms with Gasteiger partial charge in [-0.05, 0) is 55.4 Å². The van der Waals surface area contributed by atoms with Crippen molar-refractivity contribution in [1.82, 2.24) is 10.6 Å². The van der Waals surface area contributed by atoms with E-state index in [1.165, 1.54) is 0 Å². The molecular formula is C20H34N4. The van der Waals surface area contributed by atoms with E-state index in [1.807, 2.05) is 0 Å². The molecule has 0 heterocycles. The summed E-state index contributed by atoms with van der Waals surface area (Å²) in [6.45, 7) is 16.9.